The average molecular weight is 274 g/mol. The van der Waals surface area contributed by atoms with Crippen molar-refractivity contribution in [2.45, 2.75) is 0 Å². The molecule has 0 bridgehead atoms. The molecule has 0 atom stereocenters. The Balaban J connectivity index is 2.26. The molecule has 3 rings (SSSR count). The second-order valence-corrected chi connectivity index (χ2v) is 4.58. The molecule has 5 heteroatoms. The minimum atomic E-state index is 0.422. The number of ether oxygens (including phenoxy) is 1. The Labute approximate surface area is 115 Å². The molecule has 4 nitrogen and oxygen atoms in total. The molecule has 0 spiro atoms. The van der Waals surface area contributed by atoms with E-state index in [-0.39, 0.29) is 0 Å². The van der Waals surface area contributed by atoms with Crippen LogP contribution in [0.5, 0.6) is 5.75 Å². The summed E-state index contributed by atoms with van der Waals surface area (Å²) in [5, 5.41) is 0.660. The number of nitrogens with two attached hydrogens (primary N) is 1. The number of halogens is 1. The summed E-state index contributed by atoms with van der Waals surface area (Å²) in [4.78, 5) is 4.35. The van der Waals surface area contributed by atoms with E-state index in [1.165, 1.54) is 0 Å². The van der Waals surface area contributed by atoms with E-state index in [1.54, 1.807) is 7.11 Å². The molecule has 0 saturated heterocycles. The first-order chi connectivity index (χ1) is 9.19. The molecule has 0 aliphatic rings. The number of anilines is 1. The van der Waals surface area contributed by atoms with Crippen molar-refractivity contribution < 1.29 is 4.74 Å². The molecule has 1 heterocycles. The first-order valence-corrected chi connectivity index (χ1v) is 6.15. The van der Waals surface area contributed by atoms with Crippen molar-refractivity contribution in [2.24, 2.45) is 0 Å². The van der Waals surface area contributed by atoms with Crippen molar-refractivity contribution in [2.75, 3.05) is 12.8 Å². The fourth-order valence-electron chi connectivity index (χ4n) is 2.09. The molecule has 0 unspecified atom stereocenters. The van der Waals surface area contributed by atoms with Gasteiger partial charge in [-0.2, -0.15) is 0 Å². The minimum absolute atomic E-state index is 0.422. The van der Waals surface area contributed by atoms with Crippen LogP contribution >= 0.6 is 11.6 Å². The van der Waals surface area contributed by atoms with Gasteiger partial charge in [0.2, 0.25) is 5.95 Å². The largest absolute Gasteiger partial charge is 0.497 e. The normalized spacial score (nSPS) is 10.8. The van der Waals surface area contributed by atoms with Gasteiger partial charge >= 0.3 is 0 Å². The van der Waals surface area contributed by atoms with E-state index >= 15 is 0 Å². The van der Waals surface area contributed by atoms with E-state index in [0.717, 1.165) is 22.5 Å². The molecule has 96 valence electrons. The van der Waals surface area contributed by atoms with Crippen molar-refractivity contribution in [3.8, 4) is 11.4 Å². The Morgan fingerprint density at radius 3 is 2.79 bits per heavy atom. The number of benzene rings is 2. The first kappa shape index (κ1) is 11.9. The monoisotopic (exact) mass is 273 g/mol. The number of hydrogen-bond acceptors (Lipinski definition) is 3. The summed E-state index contributed by atoms with van der Waals surface area (Å²) in [5.74, 6) is 1.17. The van der Waals surface area contributed by atoms with Crippen molar-refractivity contribution in [3.05, 3.63) is 47.5 Å². The van der Waals surface area contributed by atoms with Crippen LogP contribution in [0.25, 0.3) is 16.7 Å². The van der Waals surface area contributed by atoms with Gasteiger partial charge in [0.1, 0.15) is 5.75 Å². The summed E-state index contributed by atoms with van der Waals surface area (Å²) < 4.78 is 7.05. The number of hydrogen-bond donors (Lipinski definition) is 1. The third kappa shape index (κ3) is 2.00. The van der Waals surface area contributed by atoms with Gasteiger partial charge in [0.25, 0.3) is 0 Å². The highest BCUT2D eigenvalue weighted by molar-refractivity contribution is 6.30. The maximum atomic E-state index is 6.02. The zero-order valence-electron chi connectivity index (χ0n) is 10.3. The SMILES string of the molecule is COc1ccc2c(c1)nc(N)n2-c1cccc(Cl)c1. The third-order valence-corrected chi connectivity index (χ3v) is 3.19. The number of aromatic nitrogens is 2. The fraction of sp³-hybridized carbons (Fsp3) is 0.0714. The maximum Gasteiger partial charge on any atom is 0.205 e. The van der Waals surface area contributed by atoms with Crippen LogP contribution in [-0.2, 0) is 0 Å². The van der Waals surface area contributed by atoms with Crippen LogP contribution in [-0.4, -0.2) is 16.7 Å². The fourth-order valence-corrected chi connectivity index (χ4v) is 2.28. The van der Waals surface area contributed by atoms with Crippen LogP contribution in [0.1, 0.15) is 0 Å². The van der Waals surface area contributed by atoms with Crippen molar-refractivity contribution in [3.63, 3.8) is 0 Å². The molecule has 2 N–H and O–H groups in total. The zero-order valence-corrected chi connectivity index (χ0v) is 11.1. The highest BCUT2D eigenvalue weighted by Gasteiger charge is 2.10. The Kier molecular flexibility index (Phi) is 2.80. The molecular formula is C14H12ClN3O. The van der Waals surface area contributed by atoms with Crippen molar-refractivity contribution >= 4 is 28.6 Å². The van der Waals surface area contributed by atoms with Gasteiger partial charge in [-0.25, -0.2) is 4.98 Å². The second-order valence-electron chi connectivity index (χ2n) is 4.14. The molecule has 3 aromatic rings. The molecule has 0 fully saturated rings. The van der Waals surface area contributed by atoms with Gasteiger partial charge in [-0.15, -0.1) is 0 Å². The molecule has 19 heavy (non-hydrogen) atoms. The lowest BCUT2D eigenvalue weighted by Gasteiger charge is -2.07. The smallest absolute Gasteiger partial charge is 0.205 e. The van der Waals surface area contributed by atoms with E-state index in [2.05, 4.69) is 4.98 Å². The van der Waals surface area contributed by atoms with E-state index in [0.29, 0.717) is 11.0 Å². The maximum absolute atomic E-state index is 6.02. The zero-order chi connectivity index (χ0) is 13.4. The van der Waals surface area contributed by atoms with Crippen LogP contribution in [0.3, 0.4) is 0 Å². The highest BCUT2D eigenvalue weighted by atomic mass is 35.5. The summed E-state index contributed by atoms with van der Waals surface area (Å²) in [6, 6.07) is 13.2. The molecule has 0 radical (unpaired) electrons. The summed E-state index contributed by atoms with van der Waals surface area (Å²) in [6.45, 7) is 0. The van der Waals surface area contributed by atoms with E-state index in [4.69, 9.17) is 22.1 Å². The first-order valence-electron chi connectivity index (χ1n) is 5.77. The number of fused-ring (bicyclic) bond motifs is 1. The Morgan fingerprint density at radius 1 is 1.21 bits per heavy atom. The number of nitrogen functional groups attached to an aromatic ring is 1. The Bertz CT molecular complexity index is 752. The number of methoxy groups -OCH3 is 1. The van der Waals surface area contributed by atoms with Crippen LogP contribution in [0, 0.1) is 0 Å². The molecule has 0 saturated carbocycles. The Hall–Kier alpha value is -2.20. The second kappa shape index (κ2) is 4.48. The van der Waals surface area contributed by atoms with Gasteiger partial charge in [0, 0.05) is 11.1 Å². The molecule has 1 aromatic heterocycles. The van der Waals surface area contributed by atoms with Gasteiger partial charge in [0.05, 0.1) is 23.8 Å². The van der Waals surface area contributed by atoms with Crippen LogP contribution in [0.4, 0.5) is 5.95 Å². The van der Waals surface area contributed by atoms with Gasteiger partial charge < -0.3 is 10.5 Å². The quantitative estimate of drug-likeness (QED) is 0.780. The lowest BCUT2D eigenvalue weighted by atomic mass is 10.2. The lowest BCUT2D eigenvalue weighted by molar-refractivity contribution is 0.415. The lowest BCUT2D eigenvalue weighted by Crippen LogP contribution is -2.00. The van der Waals surface area contributed by atoms with Crippen LogP contribution < -0.4 is 10.5 Å². The van der Waals surface area contributed by atoms with Gasteiger partial charge in [-0.05, 0) is 30.3 Å². The van der Waals surface area contributed by atoms with E-state index in [1.807, 2.05) is 47.0 Å². The summed E-state index contributed by atoms with van der Waals surface area (Å²) >= 11 is 6.02. The molecular weight excluding hydrogens is 262 g/mol. The standard InChI is InChI=1S/C14H12ClN3O/c1-19-11-5-6-13-12(8-11)17-14(16)18(13)10-4-2-3-9(15)7-10/h2-8H,1H3,(H2,16,17). The van der Waals surface area contributed by atoms with Crippen LogP contribution in [0.2, 0.25) is 5.02 Å². The summed E-state index contributed by atoms with van der Waals surface area (Å²) in [6.07, 6.45) is 0. The predicted molar refractivity (Wildman–Crippen MR) is 77.0 cm³/mol. The topological polar surface area (TPSA) is 53.1 Å². The van der Waals surface area contributed by atoms with Crippen molar-refractivity contribution in [1.29, 1.82) is 0 Å². The van der Waals surface area contributed by atoms with E-state index in [9.17, 15) is 0 Å². The van der Waals surface area contributed by atoms with Gasteiger partial charge in [0.15, 0.2) is 0 Å². The third-order valence-electron chi connectivity index (χ3n) is 2.95. The summed E-state index contributed by atoms with van der Waals surface area (Å²) in [5.41, 5.74) is 8.59. The summed E-state index contributed by atoms with van der Waals surface area (Å²) in [7, 11) is 1.62. The number of nitrogens with zero attached hydrogens (tertiary/aromatic N) is 2. The minimum Gasteiger partial charge on any atom is -0.497 e. The molecule has 0 amide bonds. The van der Waals surface area contributed by atoms with Gasteiger partial charge in [-0.3, -0.25) is 4.57 Å². The van der Waals surface area contributed by atoms with E-state index < -0.39 is 0 Å². The molecule has 0 aliphatic carbocycles. The highest BCUT2D eigenvalue weighted by Crippen LogP contribution is 2.27. The van der Waals surface area contributed by atoms with Crippen molar-refractivity contribution in [1.82, 2.24) is 9.55 Å². The number of rotatable bonds is 2. The number of imidazole rings is 1. The average Bonchev–Trinajstić information content (AvgIpc) is 2.73. The van der Waals surface area contributed by atoms with Gasteiger partial charge in [-0.1, -0.05) is 17.7 Å². The Morgan fingerprint density at radius 2 is 2.05 bits per heavy atom. The molecule has 2 aromatic carbocycles. The van der Waals surface area contributed by atoms with Crippen LogP contribution in [0.15, 0.2) is 42.5 Å². The molecule has 0 aliphatic heterocycles. The predicted octanol–water partition coefficient (Wildman–Crippen LogP) is 3.27.